The molecule has 1 atom stereocenters. The third-order valence-electron chi connectivity index (χ3n) is 3.80. The van der Waals surface area contributed by atoms with Gasteiger partial charge in [-0.25, -0.2) is 4.79 Å². The molecule has 2 aliphatic rings. The topological polar surface area (TPSA) is 46.6 Å². The first kappa shape index (κ1) is 14.4. The van der Waals surface area contributed by atoms with E-state index in [9.17, 15) is 9.59 Å². The zero-order chi connectivity index (χ0) is 14.0. The number of carbonyl (C=O) groups excluding carboxylic acids is 2. The Hall–Kier alpha value is -1.06. The van der Waals surface area contributed by atoms with E-state index in [1.54, 1.807) is 4.90 Å². The standard InChI is InChI=1S/C15H25NO3/c1-15(2,3)19-14(18)16-9-8-13(17)12(10-16)7-6-11-4-5-11/h11-12H,4-10H2,1-3H3. The summed E-state index contributed by atoms with van der Waals surface area (Å²) in [4.78, 5) is 25.6. The highest BCUT2D eigenvalue weighted by atomic mass is 16.6. The predicted molar refractivity (Wildman–Crippen MR) is 72.9 cm³/mol. The van der Waals surface area contributed by atoms with Crippen molar-refractivity contribution in [2.24, 2.45) is 11.8 Å². The highest BCUT2D eigenvalue weighted by Crippen LogP contribution is 2.35. The first-order chi connectivity index (χ1) is 8.85. The monoisotopic (exact) mass is 267 g/mol. The Morgan fingerprint density at radius 2 is 2.00 bits per heavy atom. The molecule has 0 bridgehead atoms. The van der Waals surface area contributed by atoms with Crippen LogP contribution in [0, 0.1) is 11.8 Å². The van der Waals surface area contributed by atoms with Gasteiger partial charge in [0.1, 0.15) is 11.4 Å². The molecule has 0 spiro atoms. The molecule has 0 aromatic rings. The van der Waals surface area contributed by atoms with Gasteiger partial charge in [-0.3, -0.25) is 4.79 Å². The maximum Gasteiger partial charge on any atom is 0.410 e. The molecule has 2 rings (SSSR count). The van der Waals surface area contributed by atoms with Crippen LogP contribution in [0.1, 0.15) is 52.9 Å². The van der Waals surface area contributed by atoms with Crippen molar-refractivity contribution in [1.29, 1.82) is 0 Å². The van der Waals surface area contributed by atoms with Crippen LogP contribution in [0.5, 0.6) is 0 Å². The molecular formula is C15H25NO3. The summed E-state index contributed by atoms with van der Waals surface area (Å²) in [5.41, 5.74) is -0.470. The van der Waals surface area contributed by atoms with E-state index >= 15 is 0 Å². The second kappa shape index (κ2) is 5.51. The van der Waals surface area contributed by atoms with Crippen molar-refractivity contribution in [3.8, 4) is 0 Å². The lowest BCUT2D eigenvalue weighted by Crippen LogP contribution is -2.46. The summed E-state index contributed by atoms with van der Waals surface area (Å²) in [7, 11) is 0. The lowest BCUT2D eigenvalue weighted by molar-refractivity contribution is -0.126. The lowest BCUT2D eigenvalue weighted by Gasteiger charge is -2.33. The average Bonchev–Trinajstić information content (AvgIpc) is 3.09. The van der Waals surface area contributed by atoms with Crippen LogP contribution in [0.4, 0.5) is 4.79 Å². The fourth-order valence-electron chi connectivity index (χ4n) is 2.50. The number of ether oxygens (including phenoxy) is 1. The molecule has 1 aliphatic heterocycles. The van der Waals surface area contributed by atoms with E-state index in [2.05, 4.69) is 0 Å². The summed E-state index contributed by atoms with van der Waals surface area (Å²) in [6.07, 6.45) is 4.90. The summed E-state index contributed by atoms with van der Waals surface area (Å²) in [6, 6.07) is 0. The van der Waals surface area contributed by atoms with Gasteiger partial charge in [0.15, 0.2) is 0 Å². The van der Waals surface area contributed by atoms with Gasteiger partial charge in [-0.15, -0.1) is 0 Å². The maximum atomic E-state index is 12.0. The van der Waals surface area contributed by atoms with Crippen molar-refractivity contribution in [2.75, 3.05) is 13.1 Å². The fraction of sp³-hybridized carbons (Fsp3) is 0.867. The number of ketones is 1. The highest BCUT2D eigenvalue weighted by Gasteiger charge is 2.33. The number of carbonyl (C=O) groups is 2. The van der Waals surface area contributed by atoms with Gasteiger partial charge in [0, 0.05) is 25.4 Å². The number of piperidine rings is 1. The smallest absolute Gasteiger partial charge is 0.410 e. The Morgan fingerprint density at radius 1 is 1.32 bits per heavy atom. The van der Waals surface area contributed by atoms with Crippen molar-refractivity contribution in [3.63, 3.8) is 0 Å². The molecule has 2 fully saturated rings. The minimum Gasteiger partial charge on any atom is -0.444 e. The van der Waals surface area contributed by atoms with Gasteiger partial charge in [0.05, 0.1) is 0 Å². The lowest BCUT2D eigenvalue weighted by atomic mass is 9.91. The number of nitrogens with zero attached hydrogens (tertiary/aromatic N) is 1. The summed E-state index contributed by atoms with van der Waals surface area (Å²) >= 11 is 0. The molecule has 1 heterocycles. The van der Waals surface area contributed by atoms with Gasteiger partial charge in [0.25, 0.3) is 0 Å². The molecule has 19 heavy (non-hydrogen) atoms. The van der Waals surface area contributed by atoms with Crippen LogP contribution in [-0.4, -0.2) is 35.5 Å². The predicted octanol–water partition coefficient (Wildman–Crippen LogP) is 3.00. The van der Waals surface area contributed by atoms with Crippen molar-refractivity contribution < 1.29 is 14.3 Å². The van der Waals surface area contributed by atoms with Crippen LogP contribution in [-0.2, 0) is 9.53 Å². The van der Waals surface area contributed by atoms with Crippen LogP contribution in [0.3, 0.4) is 0 Å². The van der Waals surface area contributed by atoms with Crippen molar-refractivity contribution in [3.05, 3.63) is 0 Å². The van der Waals surface area contributed by atoms with E-state index in [0.29, 0.717) is 25.3 Å². The maximum absolute atomic E-state index is 12.0. The molecule has 4 heteroatoms. The molecule has 0 N–H and O–H groups in total. The molecule has 1 saturated heterocycles. The van der Waals surface area contributed by atoms with E-state index in [-0.39, 0.29) is 12.0 Å². The molecule has 1 amide bonds. The molecule has 108 valence electrons. The molecule has 1 saturated carbocycles. The summed E-state index contributed by atoms with van der Waals surface area (Å²) in [6.45, 7) is 6.65. The molecule has 1 unspecified atom stereocenters. The molecule has 0 radical (unpaired) electrons. The Balaban J connectivity index is 1.84. The number of hydrogen-bond donors (Lipinski definition) is 0. The minimum atomic E-state index is -0.470. The highest BCUT2D eigenvalue weighted by molar-refractivity contribution is 5.84. The number of rotatable bonds is 3. The van der Waals surface area contributed by atoms with Crippen LogP contribution >= 0.6 is 0 Å². The molecule has 4 nitrogen and oxygen atoms in total. The number of Topliss-reactive ketones (excluding diaryl/α,β-unsaturated/α-hetero) is 1. The van der Waals surface area contributed by atoms with Gasteiger partial charge in [-0.05, 0) is 39.5 Å². The van der Waals surface area contributed by atoms with Gasteiger partial charge in [0.2, 0.25) is 0 Å². The minimum absolute atomic E-state index is 0.0295. The van der Waals surface area contributed by atoms with E-state index in [1.165, 1.54) is 12.8 Å². The van der Waals surface area contributed by atoms with Gasteiger partial charge in [-0.2, -0.15) is 0 Å². The third-order valence-corrected chi connectivity index (χ3v) is 3.80. The van der Waals surface area contributed by atoms with Crippen LogP contribution in [0.25, 0.3) is 0 Å². The SMILES string of the molecule is CC(C)(C)OC(=O)N1CCC(=O)C(CCC2CC2)C1. The Morgan fingerprint density at radius 3 is 2.58 bits per heavy atom. The Labute approximate surface area is 115 Å². The van der Waals surface area contributed by atoms with Crippen molar-refractivity contribution in [1.82, 2.24) is 4.90 Å². The van der Waals surface area contributed by atoms with E-state index in [0.717, 1.165) is 18.8 Å². The van der Waals surface area contributed by atoms with Crippen molar-refractivity contribution in [2.45, 2.75) is 58.5 Å². The fourth-order valence-corrected chi connectivity index (χ4v) is 2.50. The Bertz CT molecular complexity index is 355. The molecular weight excluding hydrogens is 242 g/mol. The van der Waals surface area contributed by atoms with E-state index < -0.39 is 5.60 Å². The molecule has 0 aromatic carbocycles. The normalized spacial score (nSPS) is 24.5. The van der Waals surface area contributed by atoms with E-state index in [1.807, 2.05) is 20.8 Å². The third kappa shape index (κ3) is 4.51. The average molecular weight is 267 g/mol. The first-order valence-corrected chi connectivity index (χ1v) is 7.36. The van der Waals surface area contributed by atoms with Gasteiger partial charge in [-0.1, -0.05) is 12.8 Å². The van der Waals surface area contributed by atoms with E-state index in [4.69, 9.17) is 4.74 Å². The Kier molecular flexibility index (Phi) is 4.16. The first-order valence-electron chi connectivity index (χ1n) is 7.36. The summed E-state index contributed by atoms with van der Waals surface area (Å²) in [5.74, 6) is 1.19. The van der Waals surface area contributed by atoms with Crippen LogP contribution in [0.15, 0.2) is 0 Å². The zero-order valence-electron chi connectivity index (χ0n) is 12.3. The number of hydrogen-bond acceptors (Lipinski definition) is 3. The second-order valence-electron chi connectivity index (χ2n) is 6.86. The van der Waals surface area contributed by atoms with Crippen LogP contribution < -0.4 is 0 Å². The van der Waals surface area contributed by atoms with Crippen molar-refractivity contribution >= 4 is 11.9 Å². The summed E-state index contributed by atoms with van der Waals surface area (Å²) < 4.78 is 5.37. The summed E-state index contributed by atoms with van der Waals surface area (Å²) in [5, 5.41) is 0. The van der Waals surface area contributed by atoms with Gasteiger partial charge < -0.3 is 9.64 Å². The zero-order valence-corrected chi connectivity index (χ0v) is 12.3. The molecule has 0 aromatic heterocycles. The molecule has 1 aliphatic carbocycles. The van der Waals surface area contributed by atoms with Crippen LogP contribution in [0.2, 0.25) is 0 Å². The number of likely N-dealkylation sites (tertiary alicyclic amines) is 1. The largest absolute Gasteiger partial charge is 0.444 e. The number of amides is 1. The van der Waals surface area contributed by atoms with Gasteiger partial charge >= 0.3 is 6.09 Å². The second-order valence-corrected chi connectivity index (χ2v) is 6.86. The quantitative estimate of drug-likeness (QED) is 0.789.